The molecule has 84 valence electrons. The maximum Gasteiger partial charge on any atom is 0.128 e. The van der Waals surface area contributed by atoms with Crippen LogP contribution in [0.1, 0.15) is 18.0 Å². The lowest BCUT2D eigenvalue weighted by molar-refractivity contribution is 0.434. The molecular formula is C12H14FN3. The van der Waals surface area contributed by atoms with Crippen molar-refractivity contribution >= 4 is 5.71 Å². The third-order valence-electron chi connectivity index (χ3n) is 3.34. The van der Waals surface area contributed by atoms with Crippen molar-refractivity contribution in [3.63, 3.8) is 0 Å². The molecule has 0 spiro atoms. The van der Waals surface area contributed by atoms with Crippen molar-refractivity contribution in [3.8, 4) is 0 Å². The standard InChI is InChI=1S/C12H14FN3/c13-10-4-2-1-3-8(10)12-9-7-14-6-5-11(9)15-16-12/h1-4,9,12,14,16H,5-7H2. The highest BCUT2D eigenvalue weighted by Crippen LogP contribution is 2.31. The number of hydrazone groups is 1. The van der Waals surface area contributed by atoms with E-state index in [1.165, 1.54) is 11.8 Å². The number of hydrogen-bond donors (Lipinski definition) is 2. The van der Waals surface area contributed by atoms with Gasteiger partial charge in [0.1, 0.15) is 5.82 Å². The van der Waals surface area contributed by atoms with Crippen LogP contribution in [0.15, 0.2) is 29.4 Å². The Morgan fingerprint density at radius 3 is 3.06 bits per heavy atom. The van der Waals surface area contributed by atoms with Gasteiger partial charge in [0.2, 0.25) is 0 Å². The number of fused-ring (bicyclic) bond motifs is 1. The summed E-state index contributed by atoms with van der Waals surface area (Å²) in [6.07, 6.45) is 0.961. The fourth-order valence-electron chi connectivity index (χ4n) is 2.48. The second-order valence-corrected chi connectivity index (χ2v) is 4.29. The van der Waals surface area contributed by atoms with Gasteiger partial charge < -0.3 is 10.7 Å². The van der Waals surface area contributed by atoms with Crippen LogP contribution in [-0.4, -0.2) is 18.8 Å². The minimum atomic E-state index is -0.151. The zero-order valence-electron chi connectivity index (χ0n) is 8.91. The van der Waals surface area contributed by atoms with Crippen LogP contribution < -0.4 is 10.7 Å². The molecule has 1 aromatic rings. The summed E-state index contributed by atoms with van der Waals surface area (Å²) in [6.45, 7) is 1.85. The summed E-state index contributed by atoms with van der Waals surface area (Å²) >= 11 is 0. The maximum atomic E-state index is 13.7. The first-order valence-electron chi connectivity index (χ1n) is 5.63. The van der Waals surface area contributed by atoms with Gasteiger partial charge in [-0.05, 0) is 6.07 Å². The monoisotopic (exact) mass is 219 g/mol. The Balaban J connectivity index is 1.90. The fourth-order valence-corrected chi connectivity index (χ4v) is 2.48. The third kappa shape index (κ3) is 1.50. The topological polar surface area (TPSA) is 36.4 Å². The maximum absolute atomic E-state index is 13.7. The summed E-state index contributed by atoms with van der Waals surface area (Å²) in [6, 6.07) is 6.91. The molecule has 16 heavy (non-hydrogen) atoms. The first-order chi connectivity index (χ1) is 7.86. The van der Waals surface area contributed by atoms with Crippen molar-refractivity contribution in [2.45, 2.75) is 12.5 Å². The molecule has 1 saturated heterocycles. The summed E-state index contributed by atoms with van der Waals surface area (Å²) in [7, 11) is 0. The van der Waals surface area contributed by atoms with E-state index in [1.54, 1.807) is 6.07 Å². The Morgan fingerprint density at radius 1 is 1.31 bits per heavy atom. The number of halogens is 1. The Bertz CT molecular complexity index is 430. The smallest absolute Gasteiger partial charge is 0.128 e. The van der Waals surface area contributed by atoms with Gasteiger partial charge in [0.05, 0.1) is 6.04 Å². The van der Waals surface area contributed by atoms with E-state index in [4.69, 9.17) is 0 Å². The van der Waals surface area contributed by atoms with E-state index in [2.05, 4.69) is 15.8 Å². The number of hydrogen-bond acceptors (Lipinski definition) is 3. The SMILES string of the molecule is Fc1ccccc1C1NN=C2CCNCC21. The normalized spacial score (nSPS) is 28.2. The highest BCUT2D eigenvalue weighted by atomic mass is 19.1. The molecule has 0 amide bonds. The van der Waals surface area contributed by atoms with Crippen LogP contribution >= 0.6 is 0 Å². The fraction of sp³-hybridized carbons (Fsp3) is 0.417. The summed E-state index contributed by atoms with van der Waals surface area (Å²) in [5.74, 6) is 0.146. The van der Waals surface area contributed by atoms with Crippen molar-refractivity contribution in [1.29, 1.82) is 0 Å². The van der Waals surface area contributed by atoms with Gasteiger partial charge >= 0.3 is 0 Å². The highest BCUT2D eigenvalue weighted by Gasteiger charge is 2.35. The van der Waals surface area contributed by atoms with E-state index in [0.29, 0.717) is 5.92 Å². The zero-order valence-corrected chi connectivity index (χ0v) is 8.91. The number of benzene rings is 1. The molecule has 2 N–H and O–H groups in total. The summed E-state index contributed by atoms with van der Waals surface area (Å²) in [5.41, 5.74) is 4.95. The van der Waals surface area contributed by atoms with Gasteiger partial charge in [-0.3, -0.25) is 0 Å². The van der Waals surface area contributed by atoms with Crippen LogP contribution in [0.2, 0.25) is 0 Å². The minimum absolute atomic E-state index is 0.0102. The van der Waals surface area contributed by atoms with Crippen LogP contribution in [0, 0.1) is 11.7 Å². The lowest BCUT2D eigenvalue weighted by Crippen LogP contribution is -2.38. The van der Waals surface area contributed by atoms with Gasteiger partial charge in [-0.2, -0.15) is 5.10 Å². The second kappa shape index (κ2) is 3.87. The van der Waals surface area contributed by atoms with Gasteiger partial charge in [-0.25, -0.2) is 4.39 Å². The lowest BCUT2D eigenvalue weighted by Gasteiger charge is -2.25. The first-order valence-corrected chi connectivity index (χ1v) is 5.63. The van der Waals surface area contributed by atoms with E-state index in [-0.39, 0.29) is 11.9 Å². The molecule has 3 rings (SSSR count). The van der Waals surface area contributed by atoms with Crippen molar-refractivity contribution in [1.82, 2.24) is 10.7 Å². The van der Waals surface area contributed by atoms with Gasteiger partial charge in [0, 0.05) is 36.7 Å². The van der Waals surface area contributed by atoms with Gasteiger partial charge in [-0.15, -0.1) is 0 Å². The van der Waals surface area contributed by atoms with Crippen LogP contribution in [0.5, 0.6) is 0 Å². The van der Waals surface area contributed by atoms with Crippen molar-refractivity contribution in [2.75, 3.05) is 13.1 Å². The molecule has 2 aliphatic heterocycles. The first kappa shape index (κ1) is 9.78. The molecule has 1 aromatic carbocycles. The number of nitrogens with zero attached hydrogens (tertiary/aromatic N) is 1. The van der Waals surface area contributed by atoms with Gasteiger partial charge in [-0.1, -0.05) is 18.2 Å². The Kier molecular flexibility index (Phi) is 2.36. The number of nitrogens with one attached hydrogen (secondary N) is 2. The highest BCUT2D eigenvalue weighted by molar-refractivity contribution is 5.89. The van der Waals surface area contributed by atoms with Crippen LogP contribution in [0.3, 0.4) is 0 Å². The van der Waals surface area contributed by atoms with E-state index >= 15 is 0 Å². The Labute approximate surface area is 93.7 Å². The molecule has 0 saturated carbocycles. The largest absolute Gasteiger partial charge is 0.316 e. The summed E-state index contributed by atoms with van der Waals surface area (Å²) < 4.78 is 13.7. The molecule has 4 heteroatoms. The number of rotatable bonds is 1. The van der Waals surface area contributed by atoms with Crippen LogP contribution in [-0.2, 0) is 0 Å². The zero-order chi connectivity index (χ0) is 11.0. The molecule has 2 heterocycles. The predicted octanol–water partition coefficient (Wildman–Crippen LogP) is 1.44. The van der Waals surface area contributed by atoms with E-state index < -0.39 is 0 Å². The summed E-state index contributed by atoms with van der Waals surface area (Å²) in [5, 5.41) is 7.65. The average molecular weight is 219 g/mol. The molecule has 3 nitrogen and oxygen atoms in total. The van der Waals surface area contributed by atoms with Crippen molar-refractivity contribution in [3.05, 3.63) is 35.6 Å². The van der Waals surface area contributed by atoms with Gasteiger partial charge in [0.25, 0.3) is 0 Å². The molecule has 0 aromatic heterocycles. The van der Waals surface area contributed by atoms with E-state index in [1.807, 2.05) is 12.1 Å². The quantitative estimate of drug-likeness (QED) is 0.749. The van der Waals surface area contributed by atoms with Crippen molar-refractivity contribution in [2.24, 2.45) is 11.0 Å². The molecule has 1 fully saturated rings. The molecule has 2 atom stereocenters. The van der Waals surface area contributed by atoms with Crippen LogP contribution in [0.4, 0.5) is 4.39 Å². The molecule has 0 aliphatic carbocycles. The Hall–Kier alpha value is -1.42. The Morgan fingerprint density at radius 2 is 2.19 bits per heavy atom. The van der Waals surface area contributed by atoms with Gasteiger partial charge in [0.15, 0.2) is 0 Å². The number of piperidine rings is 1. The molecule has 2 unspecified atom stereocenters. The average Bonchev–Trinajstić information content (AvgIpc) is 2.74. The molecule has 2 aliphatic rings. The minimum Gasteiger partial charge on any atom is -0.316 e. The third-order valence-corrected chi connectivity index (χ3v) is 3.34. The molecule has 0 radical (unpaired) electrons. The predicted molar refractivity (Wildman–Crippen MR) is 60.7 cm³/mol. The van der Waals surface area contributed by atoms with Crippen molar-refractivity contribution < 1.29 is 4.39 Å². The lowest BCUT2D eigenvalue weighted by atomic mass is 9.87. The van der Waals surface area contributed by atoms with E-state index in [9.17, 15) is 4.39 Å². The molecule has 0 bridgehead atoms. The van der Waals surface area contributed by atoms with Crippen LogP contribution in [0.25, 0.3) is 0 Å². The second-order valence-electron chi connectivity index (χ2n) is 4.29. The molecular weight excluding hydrogens is 205 g/mol. The van der Waals surface area contributed by atoms with E-state index in [0.717, 1.165) is 25.1 Å². The summed E-state index contributed by atoms with van der Waals surface area (Å²) in [4.78, 5) is 0.